The Morgan fingerprint density at radius 3 is 1.29 bits per heavy atom. The van der Waals surface area contributed by atoms with Crippen LogP contribution in [0.25, 0.3) is 86.9 Å². The van der Waals surface area contributed by atoms with Crippen molar-refractivity contribution in [1.29, 1.82) is 0 Å². The molecule has 0 unspecified atom stereocenters. The largest absolute Gasteiger partial charge is 0.0622 e. The third-order valence-electron chi connectivity index (χ3n) is 8.99. The van der Waals surface area contributed by atoms with Crippen molar-refractivity contribution in [2.75, 3.05) is 0 Å². The first-order chi connectivity index (χ1) is 20.8. The molecule has 0 heteroatoms. The van der Waals surface area contributed by atoms with Crippen LogP contribution in [0.5, 0.6) is 0 Å². The minimum absolute atomic E-state index is 1.25. The van der Waals surface area contributed by atoms with Gasteiger partial charge in [0.1, 0.15) is 0 Å². The predicted molar refractivity (Wildman–Crippen MR) is 182 cm³/mol. The van der Waals surface area contributed by atoms with Gasteiger partial charge in [0.05, 0.1) is 0 Å². The Hall–Kier alpha value is -5.46. The second-order valence-corrected chi connectivity index (χ2v) is 11.3. The zero-order valence-electron chi connectivity index (χ0n) is 23.0. The lowest BCUT2D eigenvalue weighted by Crippen LogP contribution is -1.93. The summed E-state index contributed by atoms with van der Waals surface area (Å²) in [5.41, 5.74) is 5.10. The Labute approximate surface area is 244 Å². The van der Waals surface area contributed by atoms with Crippen molar-refractivity contribution in [1.82, 2.24) is 0 Å². The van der Waals surface area contributed by atoms with E-state index in [9.17, 15) is 0 Å². The molecule has 0 radical (unpaired) electrons. The highest BCUT2D eigenvalue weighted by molar-refractivity contribution is 6.32. The van der Waals surface area contributed by atoms with Gasteiger partial charge in [0.2, 0.25) is 0 Å². The van der Waals surface area contributed by atoms with Crippen molar-refractivity contribution < 1.29 is 0 Å². The second-order valence-electron chi connectivity index (χ2n) is 11.3. The summed E-state index contributed by atoms with van der Waals surface area (Å²) in [5, 5.41) is 15.4. The fraction of sp³-hybridized carbons (Fsp3) is 0. The van der Waals surface area contributed by atoms with Crippen molar-refractivity contribution in [3.8, 4) is 22.3 Å². The Morgan fingerprint density at radius 2 is 0.667 bits per heavy atom. The van der Waals surface area contributed by atoms with Crippen LogP contribution in [0.3, 0.4) is 0 Å². The molecule has 0 aliphatic carbocycles. The molecule has 9 rings (SSSR count). The molecule has 0 aliphatic rings. The summed E-state index contributed by atoms with van der Waals surface area (Å²) in [6.45, 7) is 0. The molecule has 0 aromatic heterocycles. The molecule has 0 fully saturated rings. The van der Waals surface area contributed by atoms with Crippen molar-refractivity contribution in [2.45, 2.75) is 0 Å². The van der Waals surface area contributed by atoms with Gasteiger partial charge in [-0.1, -0.05) is 152 Å². The minimum atomic E-state index is 1.25. The van der Waals surface area contributed by atoms with E-state index in [-0.39, 0.29) is 0 Å². The Morgan fingerprint density at radius 1 is 0.238 bits per heavy atom. The maximum Gasteiger partial charge on any atom is -0.00141 e. The normalized spacial score (nSPS) is 11.8. The van der Waals surface area contributed by atoms with Gasteiger partial charge in [0.15, 0.2) is 0 Å². The molecule has 0 spiro atoms. The van der Waals surface area contributed by atoms with Gasteiger partial charge in [-0.05, 0) is 93.0 Å². The highest BCUT2D eigenvalue weighted by Crippen LogP contribution is 2.48. The van der Waals surface area contributed by atoms with Gasteiger partial charge < -0.3 is 0 Å². The van der Waals surface area contributed by atoms with E-state index in [1.54, 1.807) is 0 Å². The summed E-state index contributed by atoms with van der Waals surface area (Å²) in [5.74, 6) is 0. The first kappa shape index (κ1) is 23.3. The lowest BCUT2D eigenvalue weighted by atomic mass is 9.82. The fourth-order valence-electron chi connectivity index (χ4n) is 7.13. The summed E-state index contributed by atoms with van der Waals surface area (Å²) in [6, 6.07) is 58.1. The highest BCUT2D eigenvalue weighted by Gasteiger charge is 2.20. The first-order valence-electron chi connectivity index (χ1n) is 14.6. The number of hydrogen-bond donors (Lipinski definition) is 0. The lowest BCUT2D eigenvalue weighted by molar-refractivity contribution is 1.68. The standard InChI is InChI=1S/C42H26/c1-2-13-31(14-3-1)39-36-24-22-29-12-6-9-17-35(29)42(36)40(37-25-23-28-11-5-8-16-34(28)41(37)39)32-21-20-30-19-18-27-10-4-7-15-33(27)38(30)26-32/h1-26H. The monoisotopic (exact) mass is 530 g/mol. The van der Waals surface area contributed by atoms with Crippen LogP contribution < -0.4 is 0 Å². The van der Waals surface area contributed by atoms with Crippen LogP contribution >= 0.6 is 0 Å². The van der Waals surface area contributed by atoms with Gasteiger partial charge in [-0.2, -0.15) is 0 Å². The van der Waals surface area contributed by atoms with E-state index in [4.69, 9.17) is 0 Å². The quantitative estimate of drug-likeness (QED) is 0.154. The zero-order chi connectivity index (χ0) is 27.6. The maximum atomic E-state index is 2.42. The Bertz CT molecular complexity index is 2500. The van der Waals surface area contributed by atoms with E-state index in [2.05, 4.69) is 158 Å². The summed E-state index contributed by atoms with van der Waals surface area (Å²) >= 11 is 0. The molecule has 194 valence electrons. The van der Waals surface area contributed by atoms with Crippen molar-refractivity contribution in [2.24, 2.45) is 0 Å². The average Bonchev–Trinajstić information content (AvgIpc) is 3.07. The van der Waals surface area contributed by atoms with E-state index in [0.29, 0.717) is 0 Å². The molecule has 0 saturated carbocycles. The van der Waals surface area contributed by atoms with Crippen molar-refractivity contribution in [3.63, 3.8) is 0 Å². The Kier molecular flexibility index (Phi) is 5.00. The van der Waals surface area contributed by atoms with Gasteiger partial charge in [-0.3, -0.25) is 0 Å². The third-order valence-corrected chi connectivity index (χ3v) is 8.99. The maximum absolute atomic E-state index is 2.42. The van der Waals surface area contributed by atoms with Crippen molar-refractivity contribution >= 4 is 64.6 Å². The van der Waals surface area contributed by atoms with E-state index in [1.165, 1.54) is 86.9 Å². The Balaban J connectivity index is 1.55. The summed E-state index contributed by atoms with van der Waals surface area (Å²) in [6.07, 6.45) is 0. The number of rotatable bonds is 2. The van der Waals surface area contributed by atoms with E-state index < -0.39 is 0 Å². The summed E-state index contributed by atoms with van der Waals surface area (Å²) in [7, 11) is 0. The number of benzene rings is 9. The minimum Gasteiger partial charge on any atom is -0.0622 e. The number of fused-ring (bicyclic) bond motifs is 9. The van der Waals surface area contributed by atoms with Crippen LogP contribution in [0, 0.1) is 0 Å². The molecule has 9 aromatic rings. The van der Waals surface area contributed by atoms with Crippen LogP contribution in [-0.2, 0) is 0 Å². The molecule has 0 atom stereocenters. The molecule has 0 saturated heterocycles. The number of hydrogen-bond acceptors (Lipinski definition) is 0. The molecule has 0 nitrogen and oxygen atoms in total. The molecule has 9 aromatic carbocycles. The van der Waals surface area contributed by atoms with Crippen LogP contribution in [-0.4, -0.2) is 0 Å². The van der Waals surface area contributed by atoms with E-state index >= 15 is 0 Å². The molecule has 0 N–H and O–H groups in total. The summed E-state index contributed by atoms with van der Waals surface area (Å²) in [4.78, 5) is 0. The van der Waals surface area contributed by atoms with Gasteiger partial charge in [0.25, 0.3) is 0 Å². The highest BCUT2D eigenvalue weighted by atomic mass is 14.2. The summed E-state index contributed by atoms with van der Waals surface area (Å²) < 4.78 is 0. The second kappa shape index (κ2) is 9.03. The smallest absolute Gasteiger partial charge is 0.00141 e. The predicted octanol–water partition coefficient (Wildman–Crippen LogP) is 11.9. The van der Waals surface area contributed by atoms with Crippen LogP contribution in [0.4, 0.5) is 0 Å². The van der Waals surface area contributed by atoms with Gasteiger partial charge >= 0.3 is 0 Å². The molecular formula is C42H26. The molecule has 0 bridgehead atoms. The fourth-order valence-corrected chi connectivity index (χ4v) is 7.13. The molecule has 0 heterocycles. The van der Waals surface area contributed by atoms with E-state index in [0.717, 1.165) is 0 Å². The van der Waals surface area contributed by atoms with Gasteiger partial charge in [-0.15, -0.1) is 0 Å². The molecule has 42 heavy (non-hydrogen) atoms. The van der Waals surface area contributed by atoms with Gasteiger partial charge in [-0.25, -0.2) is 0 Å². The SMILES string of the molecule is c1ccc(-c2c3ccc4ccccc4c3c(-c3ccc4ccc5ccccc5c4c3)c3ccc4ccccc4c23)cc1. The van der Waals surface area contributed by atoms with Crippen molar-refractivity contribution in [3.05, 3.63) is 158 Å². The first-order valence-corrected chi connectivity index (χ1v) is 14.6. The third kappa shape index (κ3) is 3.36. The van der Waals surface area contributed by atoms with Crippen LogP contribution in [0.2, 0.25) is 0 Å². The van der Waals surface area contributed by atoms with E-state index in [1.807, 2.05) is 0 Å². The van der Waals surface area contributed by atoms with Gasteiger partial charge in [0, 0.05) is 0 Å². The molecule has 0 aliphatic heterocycles. The average molecular weight is 531 g/mol. The lowest BCUT2D eigenvalue weighted by Gasteiger charge is -2.21. The van der Waals surface area contributed by atoms with Crippen LogP contribution in [0.15, 0.2) is 158 Å². The zero-order valence-corrected chi connectivity index (χ0v) is 23.0. The molecule has 0 amide bonds. The van der Waals surface area contributed by atoms with Crippen LogP contribution in [0.1, 0.15) is 0 Å². The topological polar surface area (TPSA) is 0 Å². The molecular weight excluding hydrogens is 504 g/mol.